The van der Waals surface area contributed by atoms with Gasteiger partial charge in [0.2, 0.25) is 0 Å². The molecule has 0 bridgehead atoms. The molecule has 1 atom stereocenters. The Hall–Kier alpha value is -1.88. The van der Waals surface area contributed by atoms with Crippen LogP contribution >= 0.6 is 0 Å². The summed E-state index contributed by atoms with van der Waals surface area (Å²) < 4.78 is 39.5. The lowest BCUT2D eigenvalue weighted by atomic mass is 10.0. The minimum absolute atomic E-state index is 0.282. The Morgan fingerprint density at radius 3 is 2.06 bits per heavy atom. The largest absolute Gasteiger partial charge is 0.383 e. The van der Waals surface area contributed by atoms with Gasteiger partial charge in [-0.2, -0.15) is 0 Å². The zero-order valence-electron chi connectivity index (χ0n) is 8.57. The van der Waals surface area contributed by atoms with Gasteiger partial charge in [0, 0.05) is 24.5 Å². The van der Waals surface area contributed by atoms with Gasteiger partial charge in [0.1, 0.15) is 23.6 Å². The fourth-order valence-electron chi connectivity index (χ4n) is 1.53. The van der Waals surface area contributed by atoms with E-state index in [4.69, 9.17) is 0 Å². The van der Waals surface area contributed by atoms with Crippen molar-refractivity contribution in [2.24, 2.45) is 0 Å². The van der Waals surface area contributed by atoms with Gasteiger partial charge in [-0.15, -0.1) is 0 Å². The molecule has 2 rings (SSSR count). The lowest BCUT2D eigenvalue weighted by molar-refractivity contribution is 0.208. The molecule has 1 aromatic carbocycles. The van der Waals surface area contributed by atoms with Crippen molar-refractivity contribution in [3.05, 3.63) is 65.2 Å². The maximum atomic E-state index is 13.4. The quantitative estimate of drug-likeness (QED) is 0.873. The molecule has 0 aliphatic rings. The standard InChI is InChI=1S/C12H8F3NO/c13-8-5-9(14)11(10(15)6-8)12(17)7-1-3-16-4-2-7/h1-6,12,17H. The zero-order chi connectivity index (χ0) is 12.4. The van der Waals surface area contributed by atoms with Crippen LogP contribution in [0.1, 0.15) is 17.2 Å². The summed E-state index contributed by atoms with van der Waals surface area (Å²) in [5.41, 5.74) is -0.290. The first-order valence-corrected chi connectivity index (χ1v) is 4.82. The summed E-state index contributed by atoms with van der Waals surface area (Å²) >= 11 is 0. The molecule has 1 unspecified atom stereocenters. The predicted octanol–water partition coefficient (Wildman–Crippen LogP) is 2.58. The van der Waals surface area contributed by atoms with Crippen molar-refractivity contribution >= 4 is 0 Å². The van der Waals surface area contributed by atoms with Crippen molar-refractivity contribution in [3.63, 3.8) is 0 Å². The van der Waals surface area contributed by atoms with Gasteiger partial charge in [-0.1, -0.05) is 0 Å². The van der Waals surface area contributed by atoms with E-state index in [2.05, 4.69) is 4.98 Å². The summed E-state index contributed by atoms with van der Waals surface area (Å²) in [6.45, 7) is 0. The third-order valence-corrected chi connectivity index (χ3v) is 2.34. The smallest absolute Gasteiger partial charge is 0.135 e. The Labute approximate surface area is 95.4 Å². The molecule has 0 saturated carbocycles. The topological polar surface area (TPSA) is 33.1 Å². The second kappa shape index (κ2) is 4.55. The zero-order valence-corrected chi connectivity index (χ0v) is 8.57. The maximum absolute atomic E-state index is 13.4. The van der Waals surface area contributed by atoms with Gasteiger partial charge in [0.15, 0.2) is 0 Å². The normalized spacial score (nSPS) is 12.5. The summed E-state index contributed by atoms with van der Waals surface area (Å²) in [4.78, 5) is 3.72. The Morgan fingerprint density at radius 2 is 1.53 bits per heavy atom. The van der Waals surface area contributed by atoms with Crippen molar-refractivity contribution in [1.82, 2.24) is 4.98 Å². The molecule has 0 saturated heterocycles. The Morgan fingerprint density at radius 1 is 1.00 bits per heavy atom. The number of aliphatic hydroxyl groups excluding tert-OH is 1. The first-order chi connectivity index (χ1) is 8.09. The molecule has 1 aromatic heterocycles. The Balaban J connectivity index is 2.48. The summed E-state index contributed by atoms with van der Waals surface area (Å²) in [7, 11) is 0. The molecule has 88 valence electrons. The third kappa shape index (κ3) is 2.29. The summed E-state index contributed by atoms with van der Waals surface area (Å²) in [6, 6.07) is 3.91. The second-order valence-corrected chi connectivity index (χ2v) is 3.47. The first-order valence-electron chi connectivity index (χ1n) is 4.82. The fraction of sp³-hybridized carbons (Fsp3) is 0.0833. The molecule has 1 N–H and O–H groups in total. The lowest BCUT2D eigenvalue weighted by Crippen LogP contribution is -2.06. The SMILES string of the molecule is OC(c1ccncc1)c1c(F)cc(F)cc1F. The van der Waals surface area contributed by atoms with E-state index >= 15 is 0 Å². The minimum Gasteiger partial charge on any atom is -0.383 e. The molecule has 2 aromatic rings. The van der Waals surface area contributed by atoms with Crippen LogP contribution in [-0.2, 0) is 0 Å². The molecule has 0 aliphatic carbocycles. The molecule has 1 heterocycles. The van der Waals surface area contributed by atoms with Crippen LogP contribution in [-0.4, -0.2) is 10.1 Å². The van der Waals surface area contributed by atoms with E-state index in [0.29, 0.717) is 12.1 Å². The highest BCUT2D eigenvalue weighted by molar-refractivity contribution is 5.31. The highest BCUT2D eigenvalue weighted by atomic mass is 19.1. The van der Waals surface area contributed by atoms with Gasteiger partial charge in [-0.3, -0.25) is 4.98 Å². The molecule has 17 heavy (non-hydrogen) atoms. The number of hydrogen-bond donors (Lipinski definition) is 1. The molecule has 0 amide bonds. The van der Waals surface area contributed by atoms with Crippen molar-refractivity contribution in [2.75, 3.05) is 0 Å². The maximum Gasteiger partial charge on any atom is 0.135 e. The molecular formula is C12H8F3NO. The van der Waals surface area contributed by atoms with Gasteiger partial charge in [0.05, 0.1) is 5.56 Å². The number of rotatable bonds is 2. The number of halogens is 3. The van der Waals surface area contributed by atoms with Crippen molar-refractivity contribution in [3.8, 4) is 0 Å². The highest BCUT2D eigenvalue weighted by Crippen LogP contribution is 2.27. The van der Waals surface area contributed by atoms with Gasteiger partial charge in [-0.05, 0) is 17.7 Å². The third-order valence-electron chi connectivity index (χ3n) is 2.34. The second-order valence-electron chi connectivity index (χ2n) is 3.47. The Bertz CT molecular complexity index is 508. The van der Waals surface area contributed by atoms with Crippen LogP contribution in [0.4, 0.5) is 13.2 Å². The van der Waals surface area contributed by atoms with E-state index in [-0.39, 0.29) is 5.56 Å². The molecule has 5 heteroatoms. The number of aromatic nitrogens is 1. The van der Waals surface area contributed by atoms with Gasteiger partial charge < -0.3 is 5.11 Å². The Kier molecular flexibility index (Phi) is 3.10. The predicted molar refractivity (Wildman–Crippen MR) is 54.6 cm³/mol. The van der Waals surface area contributed by atoms with E-state index in [1.807, 2.05) is 0 Å². The van der Waals surface area contributed by atoms with E-state index in [1.54, 1.807) is 0 Å². The van der Waals surface area contributed by atoms with Crippen LogP contribution in [0.5, 0.6) is 0 Å². The first kappa shape index (κ1) is 11.6. The minimum atomic E-state index is -1.49. The summed E-state index contributed by atoms with van der Waals surface area (Å²) in [5, 5.41) is 9.81. The molecular weight excluding hydrogens is 231 g/mol. The van der Waals surface area contributed by atoms with E-state index in [0.717, 1.165) is 0 Å². The van der Waals surface area contributed by atoms with Gasteiger partial charge >= 0.3 is 0 Å². The van der Waals surface area contributed by atoms with Crippen LogP contribution in [0, 0.1) is 17.5 Å². The van der Waals surface area contributed by atoms with E-state index in [1.165, 1.54) is 24.5 Å². The molecule has 0 spiro atoms. The van der Waals surface area contributed by atoms with Gasteiger partial charge in [-0.25, -0.2) is 13.2 Å². The summed E-state index contributed by atoms with van der Waals surface area (Å²) in [6.07, 6.45) is 1.29. The number of benzene rings is 1. The van der Waals surface area contributed by atoms with Crippen LogP contribution in [0.3, 0.4) is 0 Å². The number of aliphatic hydroxyl groups is 1. The molecule has 0 fully saturated rings. The number of pyridine rings is 1. The average molecular weight is 239 g/mol. The van der Waals surface area contributed by atoms with Crippen LogP contribution in [0.2, 0.25) is 0 Å². The van der Waals surface area contributed by atoms with Crippen molar-refractivity contribution in [1.29, 1.82) is 0 Å². The number of nitrogens with zero attached hydrogens (tertiary/aromatic N) is 1. The van der Waals surface area contributed by atoms with E-state index in [9.17, 15) is 18.3 Å². The van der Waals surface area contributed by atoms with Gasteiger partial charge in [0.25, 0.3) is 0 Å². The van der Waals surface area contributed by atoms with Crippen molar-refractivity contribution < 1.29 is 18.3 Å². The van der Waals surface area contributed by atoms with Crippen LogP contribution in [0.15, 0.2) is 36.7 Å². The monoisotopic (exact) mass is 239 g/mol. The van der Waals surface area contributed by atoms with Crippen molar-refractivity contribution in [2.45, 2.75) is 6.10 Å². The van der Waals surface area contributed by atoms with E-state index < -0.39 is 29.1 Å². The molecule has 0 radical (unpaired) electrons. The van der Waals surface area contributed by atoms with Crippen LogP contribution in [0.25, 0.3) is 0 Å². The average Bonchev–Trinajstić information content (AvgIpc) is 2.28. The fourth-order valence-corrected chi connectivity index (χ4v) is 1.53. The highest BCUT2D eigenvalue weighted by Gasteiger charge is 2.20. The van der Waals surface area contributed by atoms with Crippen LogP contribution < -0.4 is 0 Å². The molecule has 0 aliphatic heterocycles. The lowest BCUT2D eigenvalue weighted by Gasteiger charge is -2.13. The summed E-state index contributed by atoms with van der Waals surface area (Å²) in [5.74, 6) is -3.26. The molecule has 2 nitrogen and oxygen atoms in total. The number of hydrogen-bond acceptors (Lipinski definition) is 2.